The molecule has 3 rings (SSSR count). The van der Waals surface area contributed by atoms with E-state index in [0.29, 0.717) is 22.2 Å². The molecule has 196 valence electrons. The number of halogens is 3. The first kappa shape index (κ1) is 29.0. The molecule has 0 aliphatic carbocycles. The average Bonchev–Trinajstić information content (AvgIpc) is 2.86. The van der Waals surface area contributed by atoms with Crippen LogP contribution in [0.1, 0.15) is 37.5 Å². The molecule has 1 N–H and O–H groups in total. The van der Waals surface area contributed by atoms with Gasteiger partial charge in [-0.1, -0.05) is 86.4 Å². The molecule has 2 amide bonds. The van der Waals surface area contributed by atoms with E-state index in [4.69, 9.17) is 27.9 Å². The molecule has 0 fully saturated rings. The van der Waals surface area contributed by atoms with Crippen LogP contribution in [-0.4, -0.2) is 36.4 Å². The number of carbonyl (C=O) groups excluding carboxylic acids is 2. The van der Waals surface area contributed by atoms with Gasteiger partial charge in [-0.2, -0.15) is 0 Å². The molecule has 0 heterocycles. The Kier molecular flexibility index (Phi) is 10.0. The third kappa shape index (κ3) is 7.97. The highest BCUT2D eigenvalue weighted by molar-refractivity contribution is 9.10. The topological polar surface area (TPSA) is 58.6 Å². The van der Waals surface area contributed by atoms with E-state index in [1.54, 1.807) is 25.2 Å². The molecule has 1 atom stereocenters. The maximum Gasteiger partial charge on any atom is 0.261 e. The number of amides is 2. The molecule has 0 saturated carbocycles. The van der Waals surface area contributed by atoms with Crippen molar-refractivity contribution in [3.8, 4) is 5.75 Å². The molecular weight excluding hydrogens is 575 g/mol. The number of benzene rings is 3. The first-order valence-electron chi connectivity index (χ1n) is 11.9. The van der Waals surface area contributed by atoms with Gasteiger partial charge in [-0.25, -0.2) is 0 Å². The minimum absolute atomic E-state index is 0.0221. The number of nitrogens with zero attached hydrogens (tertiary/aromatic N) is 1. The summed E-state index contributed by atoms with van der Waals surface area (Å²) in [4.78, 5) is 28.2. The molecular formula is C29H31BrCl2N2O3. The van der Waals surface area contributed by atoms with Gasteiger partial charge in [0.1, 0.15) is 11.8 Å². The summed E-state index contributed by atoms with van der Waals surface area (Å²) in [5, 5.41) is 3.50. The first-order chi connectivity index (χ1) is 17.5. The molecule has 0 saturated heterocycles. The highest BCUT2D eigenvalue weighted by Crippen LogP contribution is 2.32. The molecule has 8 heteroatoms. The fourth-order valence-corrected chi connectivity index (χ4v) is 4.68. The normalized spacial score (nSPS) is 12.1. The van der Waals surface area contributed by atoms with Gasteiger partial charge >= 0.3 is 0 Å². The van der Waals surface area contributed by atoms with Gasteiger partial charge < -0.3 is 15.0 Å². The zero-order valence-electron chi connectivity index (χ0n) is 21.4. The molecule has 0 unspecified atom stereocenters. The Hall–Kier alpha value is -2.54. The Morgan fingerprint density at radius 1 is 0.973 bits per heavy atom. The number of rotatable bonds is 9. The van der Waals surface area contributed by atoms with Crippen molar-refractivity contribution in [2.24, 2.45) is 0 Å². The quantitative estimate of drug-likeness (QED) is 0.291. The van der Waals surface area contributed by atoms with Gasteiger partial charge in [-0.15, -0.1) is 0 Å². The number of ether oxygens (including phenoxy) is 1. The number of carbonyl (C=O) groups is 2. The van der Waals surface area contributed by atoms with Crippen LogP contribution in [0, 0.1) is 0 Å². The van der Waals surface area contributed by atoms with E-state index < -0.39 is 6.04 Å². The van der Waals surface area contributed by atoms with Crippen molar-refractivity contribution in [2.75, 3.05) is 13.7 Å². The summed E-state index contributed by atoms with van der Waals surface area (Å²) < 4.78 is 6.68. The Morgan fingerprint density at radius 2 is 1.68 bits per heavy atom. The van der Waals surface area contributed by atoms with Crippen molar-refractivity contribution in [1.82, 2.24) is 10.2 Å². The van der Waals surface area contributed by atoms with Crippen molar-refractivity contribution < 1.29 is 14.3 Å². The second-order valence-corrected chi connectivity index (χ2v) is 11.4. The monoisotopic (exact) mass is 604 g/mol. The molecule has 3 aromatic rings. The van der Waals surface area contributed by atoms with Crippen molar-refractivity contribution in [3.05, 3.63) is 97.9 Å². The average molecular weight is 606 g/mol. The van der Waals surface area contributed by atoms with Gasteiger partial charge in [0.2, 0.25) is 5.91 Å². The fraction of sp³-hybridized carbons (Fsp3) is 0.310. The summed E-state index contributed by atoms with van der Waals surface area (Å²) in [6.07, 6.45) is 0.345. The highest BCUT2D eigenvalue weighted by Gasteiger charge is 2.30. The van der Waals surface area contributed by atoms with Crippen LogP contribution in [-0.2, 0) is 28.0 Å². The standard InChI is InChI=1S/C29H31BrCl2N2O3/c1-29(2,3)21-11-13-26(22(30)16-21)37-18-27(35)34(17-20-10-12-23(31)24(32)14-20)25(28(36)33-4)15-19-8-6-5-7-9-19/h5-14,16,25H,15,17-18H2,1-4H3,(H,33,36)/t25-/m1/s1. The summed E-state index contributed by atoms with van der Waals surface area (Å²) in [6, 6.07) is 19.8. The number of hydrogen-bond acceptors (Lipinski definition) is 3. The van der Waals surface area contributed by atoms with E-state index in [9.17, 15) is 9.59 Å². The zero-order chi connectivity index (χ0) is 27.2. The van der Waals surface area contributed by atoms with E-state index in [0.717, 1.165) is 21.2 Å². The Bertz CT molecular complexity index is 1250. The second-order valence-electron chi connectivity index (χ2n) is 9.77. The second kappa shape index (κ2) is 12.8. The lowest BCUT2D eigenvalue weighted by Crippen LogP contribution is -2.51. The lowest BCUT2D eigenvalue weighted by molar-refractivity contribution is -0.142. The molecule has 0 aromatic heterocycles. The minimum Gasteiger partial charge on any atom is -0.483 e. The van der Waals surface area contributed by atoms with Crippen LogP contribution in [0.3, 0.4) is 0 Å². The van der Waals surface area contributed by atoms with Crippen LogP contribution in [0.2, 0.25) is 10.0 Å². The molecule has 0 bridgehead atoms. The fourth-order valence-electron chi connectivity index (χ4n) is 3.86. The van der Waals surface area contributed by atoms with E-state index in [1.165, 1.54) is 4.90 Å². The zero-order valence-corrected chi connectivity index (χ0v) is 24.5. The number of likely N-dealkylation sites (N-methyl/N-ethyl adjacent to an activating group) is 1. The molecule has 37 heavy (non-hydrogen) atoms. The molecule has 5 nitrogen and oxygen atoms in total. The summed E-state index contributed by atoms with van der Waals surface area (Å²) in [5.41, 5.74) is 2.80. The molecule has 3 aromatic carbocycles. The smallest absolute Gasteiger partial charge is 0.261 e. The van der Waals surface area contributed by atoms with Gasteiger partial charge in [0, 0.05) is 20.0 Å². The predicted molar refractivity (Wildman–Crippen MR) is 153 cm³/mol. The van der Waals surface area contributed by atoms with E-state index in [1.807, 2.05) is 48.5 Å². The maximum atomic E-state index is 13.6. The predicted octanol–water partition coefficient (Wildman–Crippen LogP) is 6.82. The Labute approximate surface area is 237 Å². The van der Waals surface area contributed by atoms with Crippen LogP contribution >= 0.6 is 39.1 Å². The van der Waals surface area contributed by atoms with Crippen molar-refractivity contribution in [2.45, 2.75) is 45.2 Å². The van der Waals surface area contributed by atoms with Gasteiger partial charge in [0.05, 0.1) is 14.5 Å². The van der Waals surface area contributed by atoms with Gasteiger partial charge in [0.15, 0.2) is 6.61 Å². The van der Waals surface area contributed by atoms with Crippen LogP contribution in [0.5, 0.6) is 5.75 Å². The maximum absolute atomic E-state index is 13.6. The molecule has 0 spiro atoms. The van der Waals surface area contributed by atoms with Crippen LogP contribution in [0.25, 0.3) is 0 Å². The van der Waals surface area contributed by atoms with Crippen LogP contribution in [0.4, 0.5) is 0 Å². The van der Waals surface area contributed by atoms with Gasteiger partial charge in [0.25, 0.3) is 5.91 Å². The number of nitrogens with one attached hydrogen (secondary N) is 1. The Balaban J connectivity index is 1.89. The lowest BCUT2D eigenvalue weighted by Gasteiger charge is -2.31. The van der Waals surface area contributed by atoms with Crippen LogP contribution < -0.4 is 10.1 Å². The lowest BCUT2D eigenvalue weighted by atomic mass is 9.87. The summed E-state index contributed by atoms with van der Waals surface area (Å²) >= 11 is 15.9. The largest absolute Gasteiger partial charge is 0.483 e. The Morgan fingerprint density at radius 3 is 2.27 bits per heavy atom. The number of hydrogen-bond donors (Lipinski definition) is 1. The van der Waals surface area contributed by atoms with Crippen molar-refractivity contribution in [1.29, 1.82) is 0 Å². The third-order valence-electron chi connectivity index (χ3n) is 6.00. The third-order valence-corrected chi connectivity index (χ3v) is 7.36. The van der Waals surface area contributed by atoms with Crippen molar-refractivity contribution >= 4 is 50.9 Å². The van der Waals surface area contributed by atoms with E-state index in [2.05, 4.69) is 42.0 Å². The molecule has 0 radical (unpaired) electrons. The summed E-state index contributed by atoms with van der Waals surface area (Å²) in [6.45, 7) is 6.31. The van der Waals surface area contributed by atoms with E-state index in [-0.39, 0.29) is 30.4 Å². The van der Waals surface area contributed by atoms with E-state index >= 15 is 0 Å². The first-order valence-corrected chi connectivity index (χ1v) is 13.5. The summed E-state index contributed by atoms with van der Waals surface area (Å²) in [7, 11) is 1.56. The molecule has 0 aliphatic heterocycles. The SMILES string of the molecule is CNC(=O)[C@@H](Cc1ccccc1)N(Cc1ccc(Cl)c(Cl)c1)C(=O)COc1ccc(C(C)(C)C)cc1Br. The van der Waals surface area contributed by atoms with Crippen molar-refractivity contribution in [3.63, 3.8) is 0 Å². The van der Waals surface area contributed by atoms with Crippen LogP contribution in [0.15, 0.2) is 71.2 Å². The molecule has 0 aliphatic rings. The summed E-state index contributed by atoms with van der Waals surface area (Å²) in [5.74, 6) is -0.0502. The highest BCUT2D eigenvalue weighted by atomic mass is 79.9. The minimum atomic E-state index is -0.760. The van der Waals surface area contributed by atoms with Gasteiger partial charge in [-0.3, -0.25) is 9.59 Å². The van der Waals surface area contributed by atoms with Gasteiger partial charge in [-0.05, 0) is 62.3 Å².